The first-order chi connectivity index (χ1) is 14.8. The van der Waals surface area contributed by atoms with Crippen molar-refractivity contribution in [3.8, 4) is 0 Å². The lowest BCUT2D eigenvalue weighted by atomic mass is 10.0. The molecule has 0 bridgehead atoms. The van der Waals surface area contributed by atoms with E-state index in [1.165, 1.54) is 4.90 Å². The number of halogens is 1. The summed E-state index contributed by atoms with van der Waals surface area (Å²) in [6.07, 6.45) is -1.09. The first-order valence-corrected chi connectivity index (χ1v) is 10.4. The van der Waals surface area contributed by atoms with E-state index in [4.69, 9.17) is 10.5 Å². The topological polar surface area (TPSA) is 131 Å². The van der Waals surface area contributed by atoms with Gasteiger partial charge in [-0.2, -0.15) is 0 Å². The van der Waals surface area contributed by atoms with Crippen LogP contribution in [0.1, 0.15) is 27.9 Å². The minimum absolute atomic E-state index is 0.267. The average molecular weight is 487 g/mol. The molecule has 2 aromatic rings. The third kappa shape index (κ3) is 4.11. The highest BCUT2D eigenvalue weighted by atomic mass is 79.9. The number of rotatable bonds is 3. The van der Waals surface area contributed by atoms with Gasteiger partial charge in [-0.05, 0) is 48.2 Å². The van der Waals surface area contributed by atoms with E-state index < -0.39 is 36.0 Å². The molecule has 4 rings (SSSR count). The van der Waals surface area contributed by atoms with Crippen LogP contribution in [0.25, 0.3) is 0 Å². The van der Waals surface area contributed by atoms with Crippen LogP contribution in [0.3, 0.4) is 0 Å². The zero-order valence-corrected chi connectivity index (χ0v) is 17.8. The molecule has 2 aliphatic rings. The fraction of sp³-hybridized carbons (Fsp3) is 0.238. The molecule has 4 amide bonds. The number of hydrogen-bond acceptors (Lipinski definition) is 5. The minimum Gasteiger partial charge on any atom is -0.436 e. The third-order valence-electron chi connectivity index (χ3n) is 5.32. The van der Waals surface area contributed by atoms with Crippen molar-refractivity contribution in [2.75, 3.05) is 4.90 Å². The summed E-state index contributed by atoms with van der Waals surface area (Å²) < 4.78 is 5.83. The highest BCUT2D eigenvalue weighted by Crippen LogP contribution is 2.39. The second-order valence-corrected chi connectivity index (χ2v) is 8.18. The van der Waals surface area contributed by atoms with E-state index in [2.05, 4.69) is 26.8 Å². The summed E-state index contributed by atoms with van der Waals surface area (Å²) in [6.45, 7) is 0. The number of carbonyl (C=O) groups is 4. The fourth-order valence-corrected chi connectivity index (χ4v) is 4.20. The van der Waals surface area contributed by atoms with E-state index >= 15 is 0 Å². The predicted molar refractivity (Wildman–Crippen MR) is 114 cm³/mol. The molecule has 2 aliphatic heterocycles. The van der Waals surface area contributed by atoms with Gasteiger partial charge in [0.2, 0.25) is 0 Å². The van der Waals surface area contributed by atoms with Crippen molar-refractivity contribution >= 4 is 45.4 Å². The number of nitrogens with two attached hydrogens (primary N) is 1. The van der Waals surface area contributed by atoms with Crippen LogP contribution in [-0.2, 0) is 27.2 Å². The number of aryl methyl sites for hydroxylation is 1. The Kier molecular flexibility index (Phi) is 5.64. The number of benzene rings is 2. The van der Waals surface area contributed by atoms with Crippen LogP contribution >= 0.6 is 15.9 Å². The maximum absolute atomic E-state index is 13.1. The van der Waals surface area contributed by atoms with Gasteiger partial charge in [-0.1, -0.05) is 34.1 Å². The maximum Gasteiger partial charge on any atom is 0.405 e. The molecule has 31 heavy (non-hydrogen) atoms. The van der Waals surface area contributed by atoms with Gasteiger partial charge in [-0.15, -0.1) is 0 Å². The van der Waals surface area contributed by atoms with Crippen LogP contribution in [0.15, 0.2) is 46.9 Å². The number of amides is 4. The maximum atomic E-state index is 13.1. The van der Waals surface area contributed by atoms with Crippen molar-refractivity contribution in [2.24, 2.45) is 5.73 Å². The molecule has 2 aromatic carbocycles. The standard InChI is InChI=1S/C21H19BrN4O5/c22-14-7-4-12(5-8-14)18(27)24-25-19(28)15-10-13-3-1-2-11-6-9-16(31-21(23)30)20(29)26(15)17(11)13/h1-5,7-8,15-16H,6,9-10H2,(H2,23,30)(H,24,27)(H,25,28)/t15-,16-/m0/s1. The molecule has 0 saturated carbocycles. The Balaban J connectivity index is 1.54. The Hall–Kier alpha value is -3.40. The van der Waals surface area contributed by atoms with Crippen LogP contribution in [0.2, 0.25) is 0 Å². The van der Waals surface area contributed by atoms with Crippen molar-refractivity contribution < 1.29 is 23.9 Å². The molecular weight excluding hydrogens is 468 g/mol. The molecule has 0 aromatic heterocycles. The quantitative estimate of drug-likeness (QED) is 0.566. The number of ether oxygens (including phenoxy) is 1. The molecule has 0 spiro atoms. The van der Waals surface area contributed by atoms with Gasteiger partial charge in [0, 0.05) is 16.5 Å². The molecule has 0 unspecified atom stereocenters. The fourth-order valence-electron chi connectivity index (χ4n) is 3.94. The van der Waals surface area contributed by atoms with Gasteiger partial charge in [0.1, 0.15) is 6.04 Å². The lowest BCUT2D eigenvalue weighted by molar-refractivity contribution is -0.130. The number of nitrogens with one attached hydrogen (secondary N) is 2. The van der Waals surface area contributed by atoms with E-state index in [1.54, 1.807) is 24.3 Å². The van der Waals surface area contributed by atoms with Crippen molar-refractivity contribution in [1.29, 1.82) is 0 Å². The van der Waals surface area contributed by atoms with Crippen LogP contribution in [-0.4, -0.2) is 36.0 Å². The van der Waals surface area contributed by atoms with Crippen LogP contribution < -0.4 is 21.5 Å². The molecule has 160 valence electrons. The third-order valence-corrected chi connectivity index (χ3v) is 5.85. The Morgan fingerprint density at radius 2 is 1.77 bits per heavy atom. The van der Waals surface area contributed by atoms with Crippen LogP contribution in [0.4, 0.5) is 10.5 Å². The van der Waals surface area contributed by atoms with Crippen molar-refractivity contribution in [3.05, 3.63) is 63.6 Å². The summed E-state index contributed by atoms with van der Waals surface area (Å²) in [4.78, 5) is 51.0. The summed E-state index contributed by atoms with van der Waals surface area (Å²) in [7, 11) is 0. The van der Waals surface area contributed by atoms with E-state index in [0.717, 1.165) is 15.6 Å². The second kappa shape index (κ2) is 8.38. The van der Waals surface area contributed by atoms with Crippen LogP contribution in [0.5, 0.6) is 0 Å². The highest BCUT2D eigenvalue weighted by molar-refractivity contribution is 9.10. The van der Waals surface area contributed by atoms with Gasteiger partial charge in [0.15, 0.2) is 6.10 Å². The Morgan fingerprint density at radius 1 is 1.06 bits per heavy atom. The minimum atomic E-state index is -1.08. The van der Waals surface area contributed by atoms with E-state index in [1.807, 2.05) is 18.2 Å². The van der Waals surface area contributed by atoms with Gasteiger partial charge in [-0.25, -0.2) is 4.79 Å². The molecule has 4 N–H and O–H groups in total. The Morgan fingerprint density at radius 3 is 2.48 bits per heavy atom. The second-order valence-electron chi connectivity index (χ2n) is 7.27. The SMILES string of the molecule is NC(=O)O[C@H]1CCc2cccc3c2N(C1=O)[C@H](C(=O)NNC(=O)c1ccc(Br)cc1)C3. The summed E-state index contributed by atoms with van der Waals surface area (Å²) in [5.74, 6) is -1.56. The van der Waals surface area contributed by atoms with Gasteiger partial charge in [0.25, 0.3) is 17.7 Å². The summed E-state index contributed by atoms with van der Waals surface area (Å²) in [5, 5.41) is 0. The van der Waals surface area contributed by atoms with Gasteiger partial charge < -0.3 is 10.5 Å². The first-order valence-electron chi connectivity index (χ1n) is 9.61. The van der Waals surface area contributed by atoms with Crippen molar-refractivity contribution in [2.45, 2.75) is 31.4 Å². The number of hydrazine groups is 1. The number of carbonyl (C=O) groups excluding carboxylic acids is 4. The van der Waals surface area contributed by atoms with Gasteiger partial charge >= 0.3 is 6.09 Å². The molecule has 0 aliphatic carbocycles. The monoisotopic (exact) mass is 486 g/mol. The van der Waals surface area contributed by atoms with Gasteiger partial charge in [-0.3, -0.25) is 30.1 Å². The van der Waals surface area contributed by atoms with E-state index in [0.29, 0.717) is 17.7 Å². The number of hydrogen-bond donors (Lipinski definition) is 3. The number of anilines is 1. The number of nitrogens with zero attached hydrogens (tertiary/aromatic N) is 1. The molecule has 10 heteroatoms. The smallest absolute Gasteiger partial charge is 0.405 e. The molecule has 0 saturated heterocycles. The number of para-hydroxylation sites is 1. The molecule has 0 radical (unpaired) electrons. The lowest BCUT2D eigenvalue weighted by Gasteiger charge is -2.27. The van der Waals surface area contributed by atoms with Crippen molar-refractivity contribution in [3.63, 3.8) is 0 Å². The van der Waals surface area contributed by atoms with Crippen LogP contribution in [0, 0.1) is 0 Å². The summed E-state index contributed by atoms with van der Waals surface area (Å²) in [6, 6.07) is 11.3. The zero-order chi connectivity index (χ0) is 22.1. The van der Waals surface area contributed by atoms with Gasteiger partial charge in [0.05, 0.1) is 5.69 Å². The molecule has 0 fully saturated rings. The van der Waals surface area contributed by atoms with Crippen molar-refractivity contribution in [1.82, 2.24) is 10.9 Å². The largest absolute Gasteiger partial charge is 0.436 e. The normalized spacial score (nSPS) is 19.3. The Bertz CT molecular complexity index is 1070. The van der Waals surface area contributed by atoms with E-state index in [-0.39, 0.29) is 12.8 Å². The lowest BCUT2D eigenvalue weighted by Crippen LogP contribution is -2.55. The summed E-state index contributed by atoms with van der Waals surface area (Å²) >= 11 is 3.30. The average Bonchev–Trinajstić information content (AvgIpc) is 3.08. The molecule has 2 atom stereocenters. The predicted octanol–water partition coefficient (Wildman–Crippen LogP) is 1.58. The molecular formula is C21H19BrN4O5. The Labute approximate surface area is 186 Å². The molecule has 2 heterocycles. The van der Waals surface area contributed by atoms with E-state index in [9.17, 15) is 19.2 Å². The highest BCUT2D eigenvalue weighted by Gasteiger charge is 2.44. The number of primary amides is 1. The first kappa shape index (κ1) is 20.9. The summed E-state index contributed by atoms with van der Waals surface area (Å²) in [5.41, 5.74) is 12.6. The zero-order valence-electron chi connectivity index (χ0n) is 16.3. The molecule has 9 nitrogen and oxygen atoms in total.